The van der Waals surface area contributed by atoms with Gasteiger partial charge in [-0.2, -0.15) is 5.26 Å². The highest BCUT2D eigenvalue weighted by Gasteiger charge is 2.18. The second-order valence-corrected chi connectivity index (χ2v) is 6.28. The summed E-state index contributed by atoms with van der Waals surface area (Å²) in [5.74, 6) is 1.28. The van der Waals surface area contributed by atoms with Gasteiger partial charge in [-0.05, 0) is 56.3 Å². The number of nitrogens with one attached hydrogen (secondary N) is 1. The van der Waals surface area contributed by atoms with E-state index < -0.39 is 0 Å². The molecule has 1 atom stereocenters. The van der Waals surface area contributed by atoms with Crippen LogP contribution in [0.25, 0.3) is 0 Å². The molecule has 2 rings (SSSR count). The highest BCUT2D eigenvalue weighted by atomic mass is 16.5. The van der Waals surface area contributed by atoms with Crippen LogP contribution in [0, 0.1) is 11.3 Å². The zero-order valence-corrected chi connectivity index (χ0v) is 16.2. The first-order chi connectivity index (χ1) is 13.0. The van der Waals surface area contributed by atoms with E-state index in [0.29, 0.717) is 29.3 Å². The van der Waals surface area contributed by atoms with Gasteiger partial charge < -0.3 is 14.8 Å². The number of methoxy groups -OCH3 is 2. The Hall–Kier alpha value is -3.04. The van der Waals surface area contributed by atoms with E-state index in [9.17, 15) is 4.79 Å². The number of anilines is 1. The first-order valence-electron chi connectivity index (χ1n) is 8.70. The Bertz CT molecular complexity index is 830. The van der Waals surface area contributed by atoms with E-state index in [-0.39, 0.29) is 11.9 Å². The Morgan fingerprint density at radius 3 is 2.59 bits per heavy atom. The van der Waals surface area contributed by atoms with Crippen molar-refractivity contribution in [1.29, 1.82) is 5.26 Å². The number of rotatable bonds is 8. The van der Waals surface area contributed by atoms with Gasteiger partial charge in [0.2, 0.25) is 5.91 Å². The molecule has 2 aromatic carbocycles. The highest BCUT2D eigenvalue weighted by molar-refractivity contribution is 5.94. The lowest BCUT2D eigenvalue weighted by Gasteiger charge is -2.24. The number of hydrogen-bond acceptors (Lipinski definition) is 5. The number of amides is 1. The summed E-state index contributed by atoms with van der Waals surface area (Å²) in [6.07, 6.45) is 0.776. The molecule has 0 bridgehead atoms. The number of nitrogens with zero attached hydrogens (tertiary/aromatic N) is 2. The minimum absolute atomic E-state index is 0.111. The van der Waals surface area contributed by atoms with Crippen LogP contribution in [0.5, 0.6) is 11.5 Å². The third-order valence-corrected chi connectivity index (χ3v) is 4.50. The largest absolute Gasteiger partial charge is 0.493 e. The van der Waals surface area contributed by atoms with E-state index in [2.05, 4.69) is 11.4 Å². The van der Waals surface area contributed by atoms with Crippen LogP contribution in [0.4, 0.5) is 5.69 Å². The molecule has 0 aromatic heterocycles. The molecule has 2 aromatic rings. The van der Waals surface area contributed by atoms with Gasteiger partial charge in [-0.3, -0.25) is 9.69 Å². The predicted molar refractivity (Wildman–Crippen MR) is 105 cm³/mol. The summed E-state index contributed by atoms with van der Waals surface area (Å²) >= 11 is 0. The molecule has 0 saturated carbocycles. The SMILES string of the molecule is COc1ccc(CCN(C)[C@@H](C)C(=O)Nc2cccc(C#N)c2)cc1OC. The lowest BCUT2D eigenvalue weighted by Crippen LogP contribution is -2.40. The summed E-state index contributed by atoms with van der Waals surface area (Å²) in [7, 11) is 5.14. The van der Waals surface area contributed by atoms with Crippen molar-refractivity contribution < 1.29 is 14.3 Å². The van der Waals surface area contributed by atoms with E-state index in [4.69, 9.17) is 14.7 Å². The van der Waals surface area contributed by atoms with E-state index in [1.54, 1.807) is 38.5 Å². The number of nitriles is 1. The number of likely N-dealkylation sites (N-methyl/N-ethyl adjacent to an activating group) is 1. The topological polar surface area (TPSA) is 74.6 Å². The maximum absolute atomic E-state index is 12.5. The van der Waals surface area contributed by atoms with Gasteiger partial charge in [-0.1, -0.05) is 12.1 Å². The average Bonchev–Trinajstić information content (AvgIpc) is 2.71. The van der Waals surface area contributed by atoms with Gasteiger partial charge in [0.05, 0.1) is 31.9 Å². The average molecular weight is 367 g/mol. The zero-order chi connectivity index (χ0) is 19.8. The molecule has 6 nitrogen and oxygen atoms in total. The van der Waals surface area contributed by atoms with Crippen LogP contribution >= 0.6 is 0 Å². The molecule has 0 radical (unpaired) electrons. The molecule has 6 heteroatoms. The van der Waals surface area contributed by atoms with Gasteiger partial charge in [0.1, 0.15) is 0 Å². The number of carbonyl (C=O) groups is 1. The van der Waals surface area contributed by atoms with Crippen molar-refractivity contribution in [3.63, 3.8) is 0 Å². The standard InChI is InChI=1S/C21H25N3O3/c1-15(21(25)23-18-7-5-6-17(12-18)14-22)24(2)11-10-16-8-9-19(26-3)20(13-16)27-4/h5-9,12-13,15H,10-11H2,1-4H3,(H,23,25)/t15-/m0/s1. The number of hydrogen-bond donors (Lipinski definition) is 1. The molecule has 0 unspecified atom stereocenters. The molecule has 142 valence electrons. The first kappa shape index (κ1) is 20.3. The Balaban J connectivity index is 1.93. The van der Waals surface area contributed by atoms with Crippen LogP contribution in [0.3, 0.4) is 0 Å². The molecule has 0 aliphatic heterocycles. The van der Waals surface area contributed by atoms with Crippen molar-refractivity contribution in [3.05, 3.63) is 53.6 Å². The number of ether oxygens (including phenoxy) is 2. The molecule has 0 aliphatic carbocycles. The quantitative estimate of drug-likeness (QED) is 0.776. The summed E-state index contributed by atoms with van der Waals surface area (Å²) in [6, 6.07) is 14.5. The third kappa shape index (κ3) is 5.47. The van der Waals surface area contributed by atoms with E-state index in [1.165, 1.54) is 0 Å². The molecule has 1 amide bonds. The third-order valence-electron chi connectivity index (χ3n) is 4.50. The number of carbonyl (C=O) groups excluding carboxylic acids is 1. The first-order valence-corrected chi connectivity index (χ1v) is 8.70. The molecule has 0 saturated heterocycles. The Morgan fingerprint density at radius 1 is 1.19 bits per heavy atom. The van der Waals surface area contributed by atoms with E-state index >= 15 is 0 Å². The fourth-order valence-corrected chi connectivity index (χ4v) is 2.65. The summed E-state index contributed by atoms with van der Waals surface area (Å²) in [5.41, 5.74) is 2.25. The fraction of sp³-hybridized carbons (Fsp3) is 0.333. The predicted octanol–water partition coefficient (Wildman–Crippen LogP) is 3.08. The minimum atomic E-state index is -0.309. The van der Waals surface area contributed by atoms with Gasteiger partial charge in [-0.25, -0.2) is 0 Å². The van der Waals surface area contributed by atoms with Crippen LogP contribution in [-0.2, 0) is 11.2 Å². The van der Waals surface area contributed by atoms with Crippen LogP contribution in [-0.4, -0.2) is 44.7 Å². The summed E-state index contributed by atoms with van der Waals surface area (Å²) < 4.78 is 10.6. The lowest BCUT2D eigenvalue weighted by molar-refractivity contribution is -0.120. The summed E-state index contributed by atoms with van der Waals surface area (Å²) in [5, 5.41) is 11.8. The van der Waals surface area contributed by atoms with Crippen molar-refractivity contribution >= 4 is 11.6 Å². The van der Waals surface area contributed by atoms with Crippen LogP contribution in [0.15, 0.2) is 42.5 Å². The Morgan fingerprint density at radius 2 is 1.93 bits per heavy atom. The van der Waals surface area contributed by atoms with Gasteiger partial charge in [0.25, 0.3) is 0 Å². The second-order valence-electron chi connectivity index (χ2n) is 6.28. The van der Waals surface area contributed by atoms with E-state index in [1.807, 2.05) is 37.1 Å². The Kier molecular flexibility index (Phi) is 7.21. The molecule has 0 spiro atoms. The van der Waals surface area contributed by atoms with Crippen molar-refractivity contribution in [2.75, 3.05) is 33.1 Å². The monoisotopic (exact) mass is 367 g/mol. The van der Waals surface area contributed by atoms with Crippen molar-refractivity contribution in [2.45, 2.75) is 19.4 Å². The van der Waals surface area contributed by atoms with Gasteiger partial charge >= 0.3 is 0 Å². The van der Waals surface area contributed by atoms with Gasteiger partial charge in [0.15, 0.2) is 11.5 Å². The second kappa shape index (κ2) is 9.60. The molecule has 27 heavy (non-hydrogen) atoms. The summed E-state index contributed by atoms with van der Waals surface area (Å²) in [4.78, 5) is 14.5. The van der Waals surface area contributed by atoms with Crippen molar-refractivity contribution in [3.8, 4) is 17.6 Å². The summed E-state index contributed by atoms with van der Waals surface area (Å²) in [6.45, 7) is 2.57. The van der Waals surface area contributed by atoms with Crippen molar-refractivity contribution in [2.24, 2.45) is 0 Å². The normalized spacial score (nSPS) is 11.6. The van der Waals surface area contributed by atoms with Gasteiger partial charge in [0, 0.05) is 12.2 Å². The smallest absolute Gasteiger partial charge is 0.241 e. The lowest BCUT2D eigenvalue weighted by atomic mass is 10.1. The molecule has 0 fully saturated rings. The zero-order valence-electron chi connectivity index (χ0n) is 16.2. The van der Waals surface area contributed by atoms with Crippen molar-refractivity contribution in [1.82, 2.24) is 4.90 Å². The van der Waals surface area contributed by atoms with E-state index in [0.717, 1.165) is 12.0 Å². The van der Waals surface area contributed by atoms with Crippen LogP contribution in [0.1, 0.15) is 18.1 Å². The van der Waals surface area contributed by atoms with Crippen LogP contribution < -0.4 is 14.8 Å². The molecule has 1 N–H and O–H groups in total. The maximum atomic E-state index is 12.5. The number of benzene rings is 2. The minimum Gasteiger partial charge on any atom is -0.493 e. The molecular weight excluding hydrogens is 342 g/mol. The molecule has 0 heterocycles. The van der Waals surface area contributed by atoms with Crippen LogP contribution in [0.2, 0.25) is 0 Å². The maximum Gasteiger partial charge on any atom is 0.241 e. The Labute approximate surface area is 160 Å². The molecular formula is C21H25N3O3. The van der Waals surface area contributed by atoms with Gasteiger partial charge in [-0.15, -0.1) is 0 Å². The highest BCUT2D eigenvalue weighted by Crippen LogP contribution is 2.27. The fourth-order valence-electron chi connectivity index (χ4n) is 2.65. The molecule has 0 aliphatic rings.